The molecule has 0 bridgehead atoms. The summed E-state index contributed by atoms with van der Waals surface area (Å²) in [6.07, 6.45) is 0. The second-order valence-corrected chi connectivity index (χ2v) is 4.11. The molecule has 4 heteroatoms. The zero-order valence-corrected chi connectivity index (χ0v) is 9.56. The molecular formula is C12H13N3O. The molecule has 0 aliphatic carbocycles. The van der Waals surface area contributed by atoms with Crippen molar-refractivity contribution < 1.29 is 4.79 Å². The molecule has 2 rings (SSSR count). The molecule has 82 valence electrons. The van der Waals surface area contributed by atoms with Crippen LogP contribution in [0.15, 0.2) is 18.2 Å². The summed E-state index contributed by atoms with van der Waals surface area (Å²) in [5.41, 5.74) is 2.45. The van der Waals surface area contributed by atoms with E-state index in [1.165, 1.54) is 4.90 Å². The Labute approximate surface area is 94.7 Å². The number of amides is 1. The average Bonchev–Trinajstić information content (AvgIpc) is 2.51. The van der Waals surface area contributed by atoms with Crippen LogP contribution in [0, 0.1) is 11.3 Å². The van der Waals surface area contributed by atoms with Crippen molar-refractivity contribution in [2.45, 2.75) is 6.04 Å². The van der Waals surface area contributed by atoms with Gasteiger partial charge in [0.25, 0.3) is 5.91 Å². The highest BCUT2D eigenvalue weighted by atomic mass is 16.2. The maximum absolute atomic E-state index is 11.8. The van der Waals surface area contributed by atoms with Gasteiger partial charge in [0.15, 0.2) is 0 Å². The molecule has 0 spiro atoms. The maximum atomic E-state index is 11.8. The van der Waals surface area contributed by atoms with E-state index in [-0.39, 0.29) is 5.91 Å². The summed E-state index contributed by atoms with van der Waals surface area (Å²) in [4.78, 5) is 15.2. The van der Waals surface area contributed by atoms with Gasteiger partial charge in [0, 0.05) is 38.0 Å². The molecule has 1 unspecified atom stereocenters. The van der Waals surface area contributed by atoms with Crippen LogP contribution in [-0.2, 0) is 0 Å². The highest BCUT2D eigenvalue weighted by Gasteiger charge is 2.34. The number of hydrogen-bond acceptors (Lipinski definition) is 3. The van der Waals surface area contributed by atoms with Gasteiger partial charge in [-0.15, -0.1) is 0 Å². The van der Waals surface area contributed by atoms with E-state index >= 15 is 0 Å². The second-order valence-electron chi connectivity index (χ2n) is 4.11. The lowest BCUT2D eigenvalue weighted by Crippen LogP contribution is -2.21. The van der Waals surface area contributed by atoms with E-state index in [0.717, 1.165) is 11.3 Å². The summed E-state index contributed by atoms with van der Waals surface area (Å²) in [6.45, 7) is 0. The Morgan fingerprint density at radius 1 is 1.44 bits per heavy atom. The van der Waals surface area contributed by atoms with Crippen molar-refractivity contribution in [3.63, 3.8) is 0 Å². The minimum Gasteiger partial charge on any atom is -0.378 e. The molecular weight excluding hydrogens is 202 g/mol. The number of nitrogens with zero attached hydrogens (tertiary/aromatic N) is 3. The first-order chi connectivity index (χ1) is 7.56. The predicted molar refractivity (Wildman–Crippen MR) is 61.2 cm³/mol. The molecule has 0 radical (unpaired) electrons. The van der Waals surface area contributed by atoms with E-state index in [1.54, 1.807) is 13.1 Å². The van der Waals surface area contributed by atoms with Crippen LogP contribution in [0.25, 0.3) is 0 Å². The van der Waals surface area contributed by atoms with E-state index in [4.69, 9.17) is 5.26 Å². The quantitative estimate of drug-likeness (QED) is 0.711. The standard InChI is InChI=1S/C12H13N3O/c1-14(2)8-4-5-9-10(6-8)11(7-13)15(3)12(9)16/h4-6,11H,1-3H3. The summed E-state index contributed by atoms with van der Waals surface area (Å²) in [7, 11) is 5.53. The molecule has 0 saturated carbocycles. The molecule has 0 aromatic heterocycles. The first-order valence-corrected chi connectivity index (χ1v) is 5.04. The van der Waals surface area contributed by atoms with Gasteiger partial charge in [-0.25, -0.2) is 0 Å². The highest BCUT2D eigenvalue weighted by Crippen LogP contribution is 2.34. The van der Waals surface area contributed by atoms with Gasteiger partial charge in [-0.05, 0) is 18.2 Å². The number of carbonyl (C=O) groups excluding carboxylic acids is 1. The van der Waals surface area contributed by atoms with Crippen molar-refractivity contribution in [3.8, 4) is 6.07 Å². The van der Waals surface area contributed by atoms with Crippen LogP contribution >= 0.6 is 0 Å². The summed E-state index contributed by atoms with van der Waals surface area (Å²) < 4.78 is 0. The number of hydrogen-bond donors (Lipinski definition) is 0. The van der Waals surface area contributed by atoms with Gasteiger partial charge in [0.1, 0.15) is 6.04 Å². The summed E-state index contributed by atoms with van der Waals surface area (Å²) in [5, 5.41) is 9.07. The summed E-state index contributed by atoms with van der Waals surface area (Å²) in [5.74, 6) is -0.0770. The highest BCUT2D eigenvalue weighted by molar-refractivity contribution is 6.00. The summed E-state index contributed by atoms with van der Waals surface area (Å²) in [6, 6.07) is 7.29. The van der Waals surface area contributed by atoms with E-state index < -0.39 is 6.04 Å². The number of nitriles is 1. The van der Waals surface area contributed by atoms with Gasteiger partial charge in [-0.1, -0.05) is 0 Å². The van der Waals surface area contributed by atoms with E-state index in [2.05, 4.69) is 6.07 Å². The van der Waals surface area contributed by atoms with Crippen LogP contribution < -0.4 is 4.90 Å². The van der Waals surface area contributed by atoms with Crippen LogP contribution in [0.1, 0.15) is 22.0 Å². The first-order valence-electron chi connectivity index (χ1n) is 5.04. The Bertz CT molecular complexity index is 488. The zero-order valence-electron chi connectivity index (χ0n) is 9.56. The van der Waals surface area contributed by atoms with Crippen LogP contribution in [0.5, 0.6) is 0 Å². The zero-order chi connectivity index (χ0) is 11.9. The van der Waals surface area contributed by atoms with E-state index in [9.17, 15) is 4.79 Å². The third-order valence-corrected chi connectivity index (χ3v) is 2.91. The fraction of sp³-hybridized carbons (Fsp3) is 0.333. The van der Waals surface area contributed by atoms with E-state index in [0.29, 0.717) is 5.56 Å². The summed E-state index contributed by atoms with van der Waals surface area (Å²) >= 11 is 0. The second kappa shape index (κ2) is 3.53. The molecule has 1 aromatic carbocycles. The van der Waals surface area contributed by atoms with E-state index in [1.807, 2.05) is 31.1 Å². The molecule has 4 nitrogen and oxygen atoms in total. The van der Waals surface area contributed by atoms with Crippen LogP contribution in [0.4, 0.5) is 5.69 Å². The molecule has 1 aliphatic heterocycles. The average molecular weight is 215 g/mol. The van der Waals surface area contributed by atoms with Gasteiger partial charge in [0.2, 0.25) is 0 Å². The number of benzene rings is 1. The van der Waals surface area contributed by atoms with Gasteiger partial charge in [-0.2, -0.15) is 5.26 Å². The van der Waals surface area contributed by atoms with Crippen molar-refractivity contribution >= 4 is 11.6 Å². The molecule has 1 heterocycles. The molecule has 1 aliphatic rings. The van der Waals surface area contributed by atoms with Crippen LogP contribution in [0.3, 0.4) is 0 Å². The lowest BCUT2D eigenvalue weighted by atomic mass is 10.0. The van der Waals surface area contributed by atoms with Crippen LogP contribution in [0.2, 0.25) is 0 Å². The normalized spacial score (nSPS) is 18.2. The van der Waals surface area contributed by atoms with Gasteiger partial charge in [-0.3, -0.25) is 4.79 Å². The molecule has 1 atom stereocenters. The Hall–Kier alpha value is -2.02. The smallest absolute Gasteiger partial charge is 0.255 e. The van der Waals surface area contributed by atoms with Crippen molar-refractivity contribution in [2.24, 2.45) is 0 Å². The Morgan fingerprint density at radius 3 is 2.69 bits per heavy atom. The number of carbonyl (C=O) groups is 1. The Morgan fingerprint density at radius 2 is 2.12 bits per heavy atom. The first kappa shape index (κ1) is 10.5. The molecule has 0 N–H and O–H groups in total. The predicted octanol–water partition coefficient (Wildman–Crippen LogP) is 1.40. The lowest BCUT2D eigenvalue weighted by Gasteiger charge is -2.15. The molecule has 1 amide bonds. The van der Waals surface area contributed by atoms with Crippen molar-refractivity contribution in [1.29, 1.82) is 5.26 Å². The fourth-order valence-electron chi connectivity index (χ4n) is 1.92. The largest absolute Gasteiger partial charge is 0.378 e. The minimum atomic E-state index is -0.456. The SMILES string of the molecule is CN(C)c1ccc2c(c1)C(C#N)N(C)C2=O. The maximum Gasteiger partial charge on any atom is 0.255 e. The molecule has 0 saturated heterocycles. The minimum absolute atomic E-state index is 0.0770. The number of anilines is 1. The molecule has 1 aromatic rings. The van der Waals surface area contributed by atoms with Gasteiger partial charge >= 0.3 is 0 Å². The molecule has 16 heavy (non-hydrogen) atoms. The van der Waals surface area contributed by atoms with Gasteiger partial charge < -0.3 is 9.80 Å². The molecule has 0 fully saturated rings. The van der Waals surface area contributed by atoms with Crippen molar-refractivity contribution in [1.82, 2.24) is 4.90 Å². The van der Waals surface area contributed by atoms with Crippen molar-refractivity contribution in [2.75, 3.05) is 26.0 Å². The van der Waals surface area contributed by atoms with Crippen LogP contribution in [-0.4, -0.2) is 32.0 Å². The third kappa shape index (κ3) is 1.33. The Balaban J connectivity index is 2.56. The monoisotopic (exact) mass is 215 g/mol. The van der Waals surface area contributed by atoms with Crippen molar-refractivity contribution in [3.05, 3.63) is 29.3 Å². The topological polar surface area (TPSA) is 47.3 Å². The Kier molecular flexibility index (Phi) is 2.31. The number of fused-ring (bicyclic) bond motifs is 1. The van der Waals surface area contributed by atoms with Gasteiger partial charge in [0.05, 0.1) is 6.07 Å². The lowest BCUT2D eigenvalue weighted by molar-refractivity contribution is 0.0800. The third-order valence-electron chi connectivity index (χ3n) is 2.91. The fourth-order valence-corrected chi connectivity index (χ4v) is 1.92. The number of rotatable bonds is 1.